The summed E-state index contributed by atoms with van der Waals surface area (Å²) in [6, 6.07) is 7.21. The van der Waals surface area contributed by atoms with Crippen molar-refractivity contribution < 1.29 is 14.3 Å². The number of benzene rings is 1. The molecule has 0 unspecified atom stereocenters. The molecule has 1 aromatic carbocycles. The monoisotopic (exact) mass is 279 g/mol. The molecule has 6 heteroatoms. The maximum absolute atomic E-state index is 11.7. The summed E-state index contributed by atoms with van der Waals surface area (Å²) in [6.07, 6.45) is 0. The second kappa shape index (κ2) is 7.72. The van der Waals surface area contributed by atoms with Crippen LogP contribution in [0.2, 0.25) is 0 Å². The molecule has 1 aliphatic heterocycles. The van der Waals surface area contributed by atoms with Crippen molar-refractivity contribution in [2.24, 2.45) is 0 Å². The maximum atomic E-state index is 11.7. The number of ether oxygens (including phenoxy) is 2. The third kappa shape index (κ3) is 4.71. The lowest BCUT2D eigenvalue weighted by Gasteiger charge is -2.27. The molecule has 1 amide bonds. The molecule has 0 bridgehead atoms. The number of hydrogen-bond donors (Lipinski definition) is 2. The fraction of sp³-hybridized carbons (Fsp3) is 0.500. The second-order valence-electron chi connectivity index (χ2n) is 4.59. The van der Waals surface area contributed by atoms with Gasteiger partial charge in [-0.1, -0.05) is 6.07 Å². The molecule has 6 nitrogen and oxygen atoms in total. The van der Waals surface area contributed by atoms with Gasteiger partial charge in [0.25, 0.3) is 5.91 Å². The molecule has 0 aliphatic carbocycles. The van der Waals surface area contributed by atoms with Crippen LogP contribution < -0.4 is 20.1 Å². The number of hydrogen-bond acceptors (Lipinski definition) is 5. The molecule has 0 radical (unpaired) electrons. The van der Waals surface area contributed by atoms with Crippen LogP contribution in [0.3, 0.4) is 0 Å². The summed E-state index contributed by atoms with van der Waals surface area (Å²) in [6.45, 7) is 4.43. The third-order valence-corrected chi connectivity index (χ3v) is 3.12. The van der Waals surface area contributed by atoms with Gasteiger partial charge in [-0.3, -0.25) is 9.69 Å². The molecule has 1 saturated heterocycles. The van der Waals surface area contributed by atoms with Gasteiger partial charge in [-0.15, -0.1) is 0 Å². The summed E-state index contributed by atoms with van der Waals surface area (Å²) in [5.41, 5.74) is 0. The Kier molecular flexibility index (Phi) is 5.64. The standard InChI is InChI=1S/C14H21N3O3/c1-19-12-3-2-4-13(9-12)20-10-14(18)16-11-17-7-5-15-6-8-17/h2-4,9,15H,5-8,10-11H2,1H3,(H,16,18). The molecule has 1 fully saturated rings. The van der Waals surface area contributed by atoms with Crippen molar-refractivity contribution in [3.8, 4) is 11.5 Å². The van der Waals surface area contributed by atoms with Gasteiger partial charge in [-0.2, -0.15) is 0 Å². The number of nitrogens with one attached hydrogen (secondary N) is 2. The summed E-state index contributed by atoms with van der Waals surface area (Å²) in [5.74, 6) is 1.22. The van der Waals surface area contributed by atoms with Crippen molar-refractivity contribution in [1.29, 1.82) is 0 Å². The van der Waals surface area contributed by atoms with E-state index in [1.165, 1.54) is 0 Å². The Bertz CT molecular complexity index is 433. The van der Waals surface area contributed by atoms with Gasteiger partial charge in [0, 0.05) is 32.2 Å². The van der Waals surface area contributed by atoms with Gasteiger partial charge in [-0.05, 0) is 12.1 Å². The minimum absolute atomic E-state index is 0.0132. The third-order valence-electron chi connectivity index (χ3n) is 3.12. The van der Waals surface area contributed by atoms with E-state index in [1.807, 2.05) is 12.1 Å². The molecule has 1 aliphatic rings. The van der Waals surface area contributed by atoms with Crippen LogP contribution in [0.1, 0.15) is 0 Å². The van der Waals surface area contributed by atoms with Crippen LogP contribution in [0.5, 0.6) is 11.5 Å². The fourth-order valence-electron chi connectivity index (χ4n) is 1.96. The van der Waals surface area contributed by atoms with Gasteiger partial charge in [0.1, 0.15) is 11.5 Å². The maximum Gasteiger partial charge on any atom is 0.258 e. The highest BCUT2D eigenvalue weighted by Gasteiger charge is 2.10. The van der Waals surface area contributed by atoms with Crippen molar-refractivity contribution in [1.82, 2.24) is 15.5 Å². The number of nitrogens with zero attached hydrogens (tertiary/aromatic N) is 1. The minimum atomic E-state index is -0.119. The van der Waals surface area contributed by atoms with E-state index in [-0.39, 0.29) is 12.5 Å². The van der Waals surface area contributed by atoms with Crippen molar-refractivity contribution in [3.63, 3.8) is 0 Å². The highest BCUT2D eigenvalue weighted by Crippen LogP contribution is 2.18. The zero-order chi connectivity index (χ0) is 14.2. The van der Waals surface area contributed by atoms with Crippen LogP contribution in [0, 0.1) is 0 Å². The SMILES string of the molecule is COc1cccc(OCC(=O)NCN2CCNCC2)c1. The van der Waals surface area contributed by atoms with Crippen LogP contribution in [-0.2, 0) is 4.79 Å². The van der Waals surface area contributed by atoms with Crippen molar-refractivity contribution in [2.45, 2.75) is 0 Å². The van der Waals surface area contributed by atoms with Gasteiger partial charge in [-0.25, -0.2) is 0 Å². The molecule has 0 spiro atoms. The molecule has 2 rings (SSSR count). The van der Waals surface area contributed by atoms with Crippen LogP contribution in [-0.4, -0.2) is 57.4 Å². The predicted octanol–water partition coefficient (Wildman–Crippen LogP) is 0.0529. The van der Waals surface area contributed by atoms with Gasteiger partial charge in [0.2, 0.25) is 0 Å². The van der Waals surface area contributed by atoms with Crippen LogP contribution in [0.4, 0.5) is 0 Å². The Morgan fingerprint density at radius 1 is 1.35 bits per heavy atom. The first-order chi connectivity index (χ1) is 9.78. The molecule has 2 N–H and O–H groups in total. The molecular formula is C14H21N3O3. The summed E-state index contributed by atoms with van der Waals surface area (Å²) < 4.78 is 10.5. The molecule has 0 atom stereocenters. The quantitative estimate of drug-likeness (QED) is 0.770. The van der Waals surface area contributed by atoms with E-state index in [0.29, 0.717) is 18.2 Å². The number of amides is 1. The Hall–Kier alpha value is -1.79. The summed E-state index contributed by atoms with van der Waals surface area (Å²) in [4.78, 5) is 13.9. The lowest BCUT2D eigenvalue weighted by molar-refractivity contribution is -0.123. The first-order valence-corrected chi connectivity index (χ1v) is 6.74. The topological polar surface area (TPSA) is 62.8 Å². The smallest absolute Gasteiger partial charge is 0.258 e. The fourth-order valence-corrected chi connectivity index (χ4v) is 1.96. The van der Waals surface area contributed by atoms with Crippen molar-refractivity contribution in [3.05, 3.63) is 24.3 Å². The average Bonchev–Trinajstić information content (AvgIpc) is 2.52. The van der Waals surface area contributed by atoms with Gasteiger partial charge < -0.3 is 20.1 Å². The summed E-state index contributed by atoms with van der Waals surface area (Å²) in [7, 11) is 1.60. The van der Waals surface area contributed by atoms with Crippen LogP contribution in [0.15, 0.2) is 24.3 Å². The Morgan fingerprint density at radius 3 is 2.85 bits per heavy atom. The van der Waals surface area contributed by atoms with Gasteiger partial charge >= 0.3 is 0 Å². The highest BCUT2D eigenvalue weighted by atomic mass is 16.5. The summed E-state index contributed by atoms with van der Waals surface area (Å²) in [5, 5.41) is 6.12. The first-order valence-electron chi connectivity index (χ1n) is 6.74. The van der Waals surface area contributed by atoms with Crippen LogP contribution >= 0.6 is 0 Å². The highest BCUT2D eigenvalue weighted by molar-refractivity contribution is 5.77. The van der Waals surface area contributed by atoms with E-state index in [2.05, 4.69) is 15.5 Å². The largest absolute Gasteiger partial charge is 0.497 e. The molecule has 20 heavy (non-hydrogen) atoms. The van der Waals surface area contributed by atoms with Gasteiger partial charge in [0.15, 0.2) is 6.61 Å². The molecular weight excluding hydrogens is 258 g/mol. The second-order valence-corrected chi connectivity index (χ2v) is 4.59. The lowest BCUT2D eigenvalue weighted by atomic mass is 10.3. The summed E-state index contributed by atoms with van der Waals surface area (Å²) >= 11 is 0. The van der Waals surface area contributed by atoms with Crippen LogP contribution in [0.25, 0.3) is 0 Å². The average molecular weight is 279 g/mol. The van der Waals surface area contributed by atoms with E-state index >= 15 is 0 Å². The number of carbonyl (C=O) groups excluding carboxylic acids is 1. The lowest BCUT2D eigenvalue weighted by Crippen LogP contribution is -2.48. The van der Waals surface area contributed by atoms with Gasteiger partial charge in [0.05, 0.1) is 13.8 Å². The van der Waals surface area contributed by atoms with Crippen molar-refractivity contribution >= 4 is 5.91 Å². The Labute approximate surface area is 119 Å². The zero-order valence-electron chi connectivity index (χ0n) is 11.7. The zero-order valence-corrected chi connectivity index (χ0v) is 11.7. The number of rotatable bonds is 6. The predicted molar refractivity (Wildman–Crippen MR) is 75.9 cm³/mol. The molecule has 1 aromatic rings. The van der Waals surface area contributed by atoms with E-state index in [1.54, 1.807) is 19.2 Å². The Morgan fingerprint density at radius 2 is 2.10 bits per heavy atom. The Balaban J connectivity index is 1.68. The number of piperazine rings is 1. The number of methoxy groups -OCH3 is 1. The van der Waals surface area contributed by atoms with E-state index in [0.717, 1.165) is 26.2 Å². The molecule has 110 valence electrons. The molecule has 0 aromatic heterocycles. The molecule has 0 saturated carbocycles. The van der Waals surface area contributed by atoms with Crippen molar-refractivity contribution in [2.75, 3.05) is 46.6 Å². The molecule has 1 heterocycles. The van der Waals surface area contributed by atoms with E-state index in [4.69, 9.17) is 9.47 Å². The normalized spacial score (nSPS) is 15.7. The first kappa shape index (κ1) is 14.6. The van der Waals surface area contributed by atoms with E-state index < -0.39 is 0 Å². The number of carbonyl (C=O) groups is 1. The van der Waals surface area contributed by atoms with E-state index in [9.17, 15) is 4.79 Å². The minimum Gasteiger partial charge on any atom is -0.497 e.